The number of methoxy groups -OCH3 is 1. The molecule has 4 atom stereocenters. The van der Waals surface area contributed by atoms with Crippen LogP contribution in [0.3, 0.4) is 0 Å². The molecule has 0 radical (unpaired) electrons. The average Bonchev–Trinajstić information content (AvgIpc) is 3.38. The lowest BCUT2D eigenvalue weighted by molar-refractivity contribution is -0.226. The van der Waals surface area contributed by atoms with Crippen LogP contribution in [-0.4, -0.2) is 54.8 Å². The Labute approximate surface area is 187 Å². The van der Waals surface area contributed by atoms with Crippen LogP contribution in [0.4, 0.5) is 5.69 Å². The minimum absolute atomic E-state index is 0.0194. The molecule has 0 spiro atoms. The van der Waals surface area contributed by atoms with Crippen LogP contribution < -0.4 is 4.90 Å². The van der Waals surface area contributed by atoms with Crippen molar-refractivity contribution in [2.45, 2.75) is 31.8 Å². The molecule has 3 aliphatic heterocycles. The molecule has 2 fully saturated rings. The normalized spacial score (nSPS) is 27.7. The molecule has 0 unspecified atom stereocenters. The van der Waals surface area contributed by atoms with E-state index in [-0.39, 0.29) is 16.3 Å². The number of imide groups is 1. The van der Waals surface area contributed by atoms with Crippen LogP contribution in [0.1, 0.15) is 24.2 Å². The van der Waals surface area contributed by atoms with Crippen LogP contribution in [-0.2, 0) is 38.1 Å². The zero-order chi connectivity index (χ0) is 23.4. The smallest absolute Gasteiger partial charge is 0.339 e. The highest BCUT2D eigenvalue weighted by atomic mass is 35.5. The number of ether oxygens (including phenoxy) is 4. The van der Waals surface area contributed by atoms with Crippen molar-refractivity contribution in [2.24, 2.45) is 11.8 Å². The molecule has 168 valence electrons. The highest BCUT2D eigenvalue weighted by Crippen LogP contribution is 2.54. The number of esters is 3. The number of rotatable bonds is 5. The first-order valence-corrected chi connectivity index (χ1v) is 9.95. The fourth-order valence-electron chi connectivity index (χ4n) is 4.39. The molecule has 3 heterocycles. The summed E-state index contributed by atoms with van der Waals surface area (Å²) in [6.45, 7) is 2.23. The number of nitrogens with zero attached hydrogens (tertiary/aromatic N) is 1. The number of hydrogen-bond donors (Lipinski definition) is 0. The highest BCUT2D eigenvalue weighted by molar-refractivity contribution is 6.34. The summed E-state index contributed by atoms with van der Waals surface area (Å²) >= 11 is 6.05. The molecule has 3 aliphatic rings. The molecule has 2 amide bonds. The van der Waals surface area contributed by atoms with Crippen molar-refractivity contribution in [1.29, 1.82) is 0 Å². The molecule has 2 saturated heterocycles. The summed E-state index contributed by atoms with van der Waals surface area (Å²) in [7, 11) is 1.18. The Balaban J connectivity index is 1.75. The topological polar surface area (TPSA) is 126 Å². The van der Waals surface area contributed by atoms with Gasteiger partial charge >= 0.3 is 17.9 Å². The summed E-state index contributed by atoms with van der Waals surface area (Å²) in [5, 5.41) is 0.0891. The second-order valence-corrected chi connectivity index (χ2v) is 7.92. The zero-order valence-corrected chi connectivity index (χ0v) is 18.0. The molecule has 1 aromatic carbocycles. The zero-order valence-electron chi connectivity index (χ0n) is 17.2. The maximum Gasteiger partial charge on any atom is 0.339 e. The van der Waals surface area contributed by atoms with E-state index in [2.05, 4.69) is 4.74 Å². The van der Waals surface area contributed by atoms with E-state index < -0.39 is 59.6 Å². The second kappa shape index (κ2) is 7.72. The van der Waals surface area contributed by atoms with E-state index in [1.807, 2.05) is 0 Å². The summed E-state index contributed by atoms with van der Waals surface area (Å²) in [6.07, 6.45) is 0.687. The summed E-state index contributed by atoms with van der Waals surface area (Å²) in [5.41, 5.74) is -1.56. The number of benzene rings is 1. The number of halogens is 1. The molecule has 0 aromatic heterocycles. The van der Waals surface area contributed by atoms with E-state index in [4.69, 9.17) is 25.8 Å². The Bertz CT molecular complexity index is 1070. The minimum atomic E-state index is -1.66. The number of amides is 2. The van der Waals surface area contributed by atoms with Crippen molar-refractivity contribution in [3.05, 3.63) is 40.9 Å². The molecule has 2 bridgehead atoms. The maximum atomic E-state index is 13.5. The minimum Gasteiger partial charge on any atom is -0.465 e. The van der Waals surface area contributed by atoms with Gasteiger partial charge in [0.15, 0.2) is 5.60 Å². The Hall–Kier alpha value is -3.24. The van der Waals surface area contributed by atoms with Gasteiger partial charge < -0.3 is 18.9 Å². The Kier molecular flexibility index (Phi) is 5.30. The lowest BCUT2D eigenvalue weighted by atomic mass is 9.76. The van der Waals surface area contributed by atoms with Gasteiger partial charge in [-0.25, -0.2) is 9.69 Å². The van der Waals surface area contributed by atoms with Crippen LogP contribution in [0.25, 0.3) is 0 Å². The average molecular weight is 464 g/mol. The first kappa shape index (κ1) is 22.0. The highest BCUT2D eigenvalue weighted by Gasteiger charge is 2.72. The molecule has 11 heteroatoms. The van der Waals surface area contributed by atoms with E-state index in [1.165, 1.54) is 31.4 Å². The monoisotopic (exact) mass is 463 g/mol. The third-order valence-corrected chi connectivity index (χ3v) is 5.94. The van der Waals surface area contributed by atoms with Gasteiger partial charge in [-0.15, -0.1) is 0 Å². The van der Waals surface area contributed by atoms with Crippen molar-refractivity contribution < 1.29 is 42.9 Å². The van der Waals surface area contributed by atoms with E-state index in [1.54, 1.807) is 6.08 Å². The third kappa shape index (κ3) is 3.18. The Morgan fingerprint density at radius 1 is 1.12 bits per heavy atom. The number of anilines is 1. The van der Waals surface area contributed by atoms with E-state index in [0.717, 1.165) is 18.7 Å². The van der Waals surface area contributed by atoms with Gasteiger partial charge in [0.2, 0.25) is 11.8 Å². The van der Waals surface area contributed by atoms with Gasteiger partial charge in [-0.05, 0) is 24.3 Å². The Morgan fingerprint density at radius 3 is 2.38 bits per heavy atom. The van der Waals surface area contributed by atoms with Crippen molar-refractivity contribution in [1.82, 2.24) is 0 Å². The van der Waals surface area contributed by atoms with Gasteiger partial charge in [-0.3, -0.25) is 19.2 Å². The second-order valence-electron chi connectivity index (χ2n) is 7.52. The van der Waals surface area contributed by atoms with Gasteiger partial charge in [0.25, 0.3) is 6.29 Å². The van der Waals surface area contributed by atoms with Crippen LogP contribution >= 0.6 is 11.6 Å². The summed E-state index contributed by atoms with van der Waals surface area (Å²) in [6, 6.07) is 4.07. The first-order valence-electron chi connectivity index (χ1n) is 9.58. The first-order chi connectivity index (χ1) is 15.1. The van der Waals surface area contributed by atoms with Crippen molar-refractivity contribution in [2.75, 3.05) is 12.0 Å². The predicted octanol–water partition coefficient (Wildman–Crippen LogP) is 1.39. The van der Waals surface area contributed by atoms with Crippen LogP contribution in [0.15, 0.2) is 30.4 Å². The molecule has 0 aliphatic carbocycles. The molecule has 32 heavy (non-hydrogen) atoms. The van der Waals surface area contributed by atoms with E-state index in [0.29, 0.717) is 0 Å². The number of carbonyl (C=O) groups is 5. The number of hydrogen-bond acceptors (Lipinski definition) is 9. The van der Waals surface area contributed by atoms with Crippen LogP contribution in [0.2, 0.25) is 5.02 Å². The van der Waals surface area contributed by atoms with E-state index in [9.17, 15) is 24.0 Å². The molecule has 10 nitrogen and oxygen atoms in total. The predicted molar refractivity (Wildman–Crippen MR) is 106 cm³/mol. The standard InChI is InChI=1S/C21H18ClNO9/c1-9(24)30-20(31-10(2)25)21-7-6-14(32-21)15-16(21)18(27)23(17(15)26)11-4-5-13(22)12(8-11)19(28)29-3/h4-8,14-16,20H,1-3H3/t14-,15-,16-,21-/m1/s1. The largest absolute Gasteiger partial charge is 0.465 e. The lowest BCUT2D eigenvalue weighted by Gasteiger charge is -2.34. The number of fused-ring (bicyclic) bond motifs is 5. The molecule has 4 rings (SSSR count). The quantitative estimate of drug-likeness (QED) is 0.275. The molecule has 0 N–H and O–H groups in total. The van der Waals surface area contributed by atoms with Crippen molar-refractivity contribution >= 4 is 47.0 Å². The molecule has 0 saturated carbocycles. The van der Waals surface area contributed by atoms with Crippen molar-refractivity contribution in [3.63, 3.8) is 0 Å². The Morgan fingerprint density at radius 2 is 1.78 bits per heavy atom. The van der Waals surface area contributed by atoms with Gasteiger partial charge in [0.05, 0.1) is 41.3 Å². The van der Waals surface area contributed by atoms with Gasteiger partial charge in [0, 0.05) is 13.8 Å². The fraction of sp³-hybridized carbons (Fsp3) is 0.381. The van der Waals surface area contributed by atoms with Crippen LogP contribution in [0, 0.1) is 11.8 Å². The lowest BCUT2D eigenvalue weighted by Crippen LogP contribution is -2.52. The van der Waals surface area contributed by atoms with Crippen LogP contribution in [0.5, 0.6) is 0 Å². The van der Waals surface area contributed by atoms with Gasteiger partial charge in [-0.2, -0.15) is 0 Å². The summed E-state index contributed by atoms with van der Waals surface area (Å²) in [5.74, 6) is -5.54. The third-order valence-electron chi connectivity index (χ3n) is 5.61. The summed E-state index contributed by atoms with van der Waals surface area (Å²) < 4.78 is 20.9. The van der Waals surface area contributed by atoms with Crippen molar-refractivity contribution in [3.8, 4) is 0 Å². The molecular formula is C21H18ClNO9. The SMILES string of the molecule is COC(=O)c1cc(N2C(=O)[C@@H]3[C@H]4C=C[C@@](C(OC(C)=O)OC(C)=O)(O4)[C@H]3C2=O)ccc1Cl. The van der Waals surface area contributed by atoms with Gasteiger partial charge in [-0.1, -0.05) is 17.7 Å². The molecule has 1 aromatic rings. The van der Waals surface area contributed by atoms with E-state index >= 15 is 0 Å². The maximum absolute atomic E-state index is 13.5. The van der Waals surface area contributed by atoms with Gasteiger partial charge in [0.1, 0.15) is 0 Å². The summed E-state index contributed by atoms with van der Waals surface area (Å²) in [4.78, 5) is 62.9. The fourth-order valence-corrected chi connectivity index (χ4v) is 4.58. The number of carbonyl (C=O) groups excluding carboxylic acids is 5. The molecular weight excluding hydrogens is 446 g/mol.